The topological polar surface area (TPSA) is 43.4 Å². The van der Waals surface area contributed by atoms with Gasteiger partial charge in [0.1, 0.15) is 11.5 Å². The summed E-state index contributed by atoms with van der Waals surface area (Å²) in [6.45, 7) is 3.37. The van der Waals surface area contributed by atoms with Crippen LogP contribution in [-0.4, -0.2) is 11.8 Å². The van der Waals surface area contributed by atoms with E-state index in [9.17, 15) is 9.59 Å². The number of esters is 1. The Kier molecular flexibility index (Phi) is 3.80. The van der Waals surface area contributed by atoms with Crippen molar-refractivity contribution in [1.29, 1.82) is 0 Å². The van der Waals surface area contributed by atoms with Gasteiger partial charge in [-0.15, -0.1) is 0 Å². The third-order valence-corrected chi connectivity index (χ3v) is 5.43. The number of halogens is 1. The SMILES string of the molecule is CC1(C)C(=O)O[C@H](c2ccc(Cl)cc2)C2(CCCCC2)C1=O. The molecule has 1 saturated carbocycles. The molecule has 1 atom stereocenters. The lowest BCUT2D eigenvalue weighted by Crippen LogP contribution is -2.55. The van der Waals surface area contributed by atoms with Crippen LogP contribution in [0.4, 0.5) is 0 Å². The molecule has 3 nitrogen and oxygen atoms in total. The van der Waals surface area contributed by atoms with Crippen molar-refractivity contribution in [3.8, 4) is 0 Å². The van der Waals surface area contributed by atoms with Crippen LogP contribution in [0.25, 0.3) is 0 Å². The number of hydrogen-bond acceptors (Lipinski definition) is 3. The Balaban J connectivity index is 2.08. The summed E-state index contributed by atoms with van der Waals surface area (Å²) < 4.78 is 5.79. The molecular formula is C18H21ClO3. The van der Waals surface area contributed by atoms with Crippen LogP contribution in [0.15, 0.2) is 24.3 Å². The zero-order chi connectivity index (χ0) is 16.0. The first-order chi connectivity index (χ1) is 10.4. The van der Waals surface area contributed by atoms with Gasteiger partial charge in [-0.3, -0.25) is 9.59 Å². The molecule has 1 saturated heterocycles. The Morgan fingerprint density at radius 3 is 2.23 bits per heavy atom. The van der Waals surface area contributed by atoms with Crippen LogP contribution < -0.4 is 0 Å². The Labute approximate surface area is 136 Å². The van der Waals surface area contributed by atoms with Crippen molar-refractivity contribution in [2.75, 3.05) is 0 Å². The Morgan fingerprint density at radius 1 is 1.05 bits per heavy atom. The standard InChI is InChI=1S/C18H21ClO3/c1-17(2)15(20)18(10-4-3-5-11-18)14(22-16(17)21)12-6-8-13(19)9-7-12/h6-9,14H,3-5,10-11H2,1-2H3/t14-/m1/s1. The van der Waals surface area contributed by atoms with Gasteiger partial charge in [0.2, 0.25) is 0 Å². The van der Waals surface area contributed by atoms with Crippen molar-refractivity contribution in [2.45, 2.75) is 52.1 Å². The molecule has 1 aromatic rings. The maximum Gasteiger partial charge on any atom is 0.319 e. The van der Waals surface area contributed by atoms with Crippen molar-refractivity contribution in [3.05, 3.63) is 34.9 Å². The third kappa shape index (κ3) is 2.26. The number of rotatable bonds is 1. The Bertz CT molecular complexity index is 597. The fraction of sp³-hybridized carbons (Fsp3) is 0.556. The van der Waals surface area contributed by atoms with E-state index in [-0.39, 0.29) is 5.78 Å². The average molecular weight is 321 g/mol. The number of hydrogen-bond donors (Lipinski definition) is 0. The minimum atomic E-state index is -1.06. The summed E-state index contributed by atoms with van der Waals surface area (Å²) in [6, 6.07) is 7.29. The monoisotopic (exact) mass is 320 g/mol. The first-order valence-electron chi connectivity index (χ1n) is 7.89. The van der Waals surface area contributed by atoms with Gasteiger partial charge in [0, 0.05) is 5.02 Å². The van der Waals surface area contributed by atoms with Gasteiger partial charge >= 0.3 is 5.97 Å². The minimum Gasteiger partial charge on any atom is -0.456 e. The van der Waals surface area contributed by atoms with Crippen molar-refractivity contribution >= 4 is 23.4 Å². The van der Waals surface area contributed by atoms with Gasteiger partial charge in [-0.2, -0.15) is 0 Å². The van der Waals surface area contributed by atoms with E-state index in [4.69, 9.17) is 16.3 Å². The number of benzene rings is 1. The Morgan fingerprint density at radius 2 is 1.64 bits per heavy atom. The summed E-state index contributed by atoms with van der Waals surface area (Å²) in [4.78, 5) is 25.5. The fourth-order valence-corrected chi connectivity index (χ4v) is 4.02. The second-order valence-electron chi connectivity index (χ2n) is 7.01. The van der Waals surface area contributed by atoms with E-state index in [1.165, 1.54) is 0 Å². The second-order valence-corrected chi connectivity index (χ2v) is 7.44. The first-order valence-corrected chi connectivity index (χ1v) is 8.27. The van der Waals surface area contributed by atoms with E-state index in [2.05, 4.69) is 0 Å². The number of carbonyl (C=O) groups excluding carboxylic acids is 2. The molecule has 0 bridgehead atoms. The van der Waals surface area contributed by atoms with Gasteiger partial charge in [-0.05, 0) is 44.4 Å². The predicted molar refractivity (Wildman–Crippen MR) is 84.6 cm³/mol. The highest BCUT2D eigenvalue weighted by Crippen LogP contribution is 2.55. The van der Waals surface area contributed by atoms with Crippen LogP contribution >= 0.6 is 11.6 Å². The van der Waals surface area contributed by atoms with Crippen LogP contribution in [0.2, 0.25) is 5.02 Å². The zero-order valence-electron chi connectivity index (χ0n) is 13.0. The molecule has 1 aliphatic carbocycles. The number of cyclic esters (lactones) is 1. The minimum absolute atomic E-state index is 0.0379. The van der Waals surface area contributed by atoms with Crippen LogP contribution in [0.3, 0.4) is 0 Å². The highest BCUT2D eigenvalue weighted by Gasteiger charge is 2.60. The summed E-state index contributed by atoms with van der Waals surface area (Å²) in [5.41, 5.74) is -0.771. The average Bonchev–Trinajstić information content (AvgIpc) is 2.52. The van der Waals surface area contributed by atoms with E-state index < -0.39 is 22.9 Å². The lowest BCUT2D eigenvalue weighted by Gasteiger charge is -2.49. The van der Waals surface area contributed by atoms with Gasteiger partial charge < -0.3 is 4.74 Å². The molecule has 3 rings (SSSR count). The molecule has 0 amide bonds. The first kappa shape index (κ1) is 15.5. The van der Waals surface area contributed by atoms with E-state index in [0.29, 0.717) is 5.02 Å². The summed E-state index contributed by atoms with van der Waals surface area (Å²) in [5.74, 6) is -0.385. The molecule has 4 heteroatoms. The van der Waals surface area contributed by atoms with Crippen LogP contribution in [0.1, 0.15) is 57.6 Å². The van der Waals surface area contributed by atoms with Crippen LogP contribution in [0, 0.1) is 10.8 Å². The molecule has 1 heterocycles. The van der Waals surface area contributed by atoms with Crippen molar-refractivity contribution in [2.24, 2.45) is 10.8 Å². The van der Waals surface area contributed by atoms with E-state index in [1.807, 2.05) is 12.1 Å². The number of Topliss-reactive ketones (excluding diaryl/α,β-unsaturated/α-hetero) is 1. The molecule has 0 radical (unpaired) electrons. The Hall–Kier alpha value is -1.35. The maximum absolute atomic E-state index is 13.2. The summed E-state index contributed by atoms with van der Waals surface area (Å²) in [5, 5.41) is 0.634. The summed E-state index contributed by atoms with van der Waals surface area (Å²) >= 11 is 5.96. The van der Waals surface area contributed by atoms with Gasteiger partial charge in [-0.1, -0.05) is 43.0 Å². The second kappa shape index (κ2) is 5.38. The molecule has 0 N–H and O–H groups in total. The molecule has 0 unspecified atom stereocenters. The predicted octanol–water partition coefficient (Wildman–Crippen LogP) is 4.48. The van der Waals surface area contributed by atoms with Gasteiger partial charge in [-0.25, -0.2) is 0 Å². The van der Waals surface area contributed by atoms with Crippen LogP contribution in [-0.2, 0) is 14.3 Å². The quantitative estimate of drug-likeness (QED) is 0.566. The summed E-state index contributed by atoms with van der Waals surface area (Å²) in [7, 11) is 0. The number of ketones is 1. The molecule has 118 valence electrons. The molecule has 1 aromatic carbocycles. The smallest absolute Gasteiger partial charge is 0.319 e. The van der Waals surface area contributed by atoms with Gasteiger partial charge in [0.05, 0.1) is 5.41 Å². The van der Waals surface area contributed by atoms with E-state index in [0.717, 1.165) is 37.7 Å². The zero-order valence-corrected chi connectivity index (χ0v) is 13.8. The van der Waals surface area contributed by atoms with E-state index >= 15 is 0 Å². The highest BCUT2D eigenvalue weighted by atomic mass is 35.5. The lowest BCUT2D eigenvalue weighted by atomic mass is 9.59. The lowest BCUT2D eigenvalue weighted by molar-refractivity contribution is -0.192. The van der Waals surface area contributed by atoms with Gasteiger partial charge in [0.25, 0.3) is 0 Å². The molecular weight excluding hydrogens is 300 g/mol. The maximum atomic E-state index is 13.2. The highest BCUT2D eigenvalue weighted by molar-refractivity contribution is 6.30. The van der Waals surface area contributed by atoms with E-state index in [1.54, 1.807) is 26.0 Å². The third-order valence-electron chi connectivity index (χ3n) is 5.18. The molecule has 22 heavy (non-hydrogen) atoms. The molecule has 0 aromatic heterocycles. The fourth-order valence-electron chi connectivity index (χ4n) is 3.90. The van der Waals surface area contributed by atoms with Gasteiger partial charge in [0.15, 0.2) is 5.78 Å². The molecule has 2 fully saturated rings. The molecule has 2 aliphatic rings. The van der Waals surface area contributed by atoms with Crippen molar-refractivity contribution < 1.29 is 14.3 Å². The largest absolute Gasteiger partial charge is 0.456 e. The van der Waals surface area contributed by atoms with Crippen LogP contribution in [0.5, 0.6) is 0 Å². The van der Waals surface area contributed by atoms with Crippen molar-refractivity contribution in [3.63, 3.8) is 0 Å². The number of carbonyl (C=O) groups is 2. The number of ether oxygens (including phenoxy) is 1. The summed E-state index contributed by atoms with van der Waals surface area (Å²) in [6.07, 6.45) is 4.23. The molecule has 1 aliphatic heterocycles. The normalized spacial score (nSPS) is 26.8. The van der Waals surface area contributed by atoms with Crippen molar-refractivity contribution in [1.82, 2.24) is 0 Å². The molecule has 1 spiro atoms.